The summed E-state index contributed by atoms with van der Waals surface area (Å²) in [5, 5.41) is 0. The molecule has 0 aromatic heterocycles. The van der Waals surface area contributed by atoms with E-state index >= 15 is 0 Å². The summed E-state index contributed by atoms with van der Waals surface area (Å²) < 4.78 is 0. The molecule has 9 heavy (non-hydrogen) atoms. The molecule has 0 amide bonds. The Morgan fingerprint density at radius 2 is 1.89 bits per heavy atom. The monoisotopic (exact) mass is 116 g/mol. The van der Waals surface area contributed by atoms with Crippen LogP contribution in [0.2, 0.25) is 0 Å². The van der Waals surface area contributed by atoms with Gasteiger partial charge in [-0.15, -0.1) is 0 Å². The van der Waals surface area contributed by atoms with E-state index in [9.17, 15) is 0 Å². The van der Waals surface area contributed by atoms with Crippen LogP contribution < -0.4 is 5.46 Å². The van der Waals surface area contributed by atoms with Crippen molar-refractivity contribution in [2.24, 2.45) is 0 Å². The van der Waals surface area contributed by atoms with E-state index in [-0.39, 0.29) is 0 Å². The maximum absolute atomic E-state index is 5.59. The minimum absolute atomic E-state index is 0.876. The van der Waals surface area contributed by atoms with E-state index < -0.39 is 0 Å². The first-order valence-electron chi connectivity index (χ1n) is 3.03. The van der Waals surface area contributed by atoms with E-state index in [1.807, 2.05) is 19.1 Å². The number of aryl methyl sites for hydroxylation is 2. The lowest BCUT2D eigenvalue weighted by Gasteiger charge is -1.98. The van der Waals surface area contributed by atoms with Crippen molar-refractivity contribution < 1.29 is 0 Å². The molecule has 0 atom stereocenters. The molecule has 0 fully saturated rings. The molecule has 1 rings (SSSR count). The molecule has 44 valence electrons. The Balaban J connectivity index is 3.17. The Labute approximate surface area is 57.3 Å². The summed E-state index contributed by atoms with van der Waals surface area (Å²) in [5.74, 6) is 0. The van der Waals surface area contributed by atoms with Crippen molar-refractivity contribution in [3.8, 4) is 0 Å². The molecule has 1 aromatic rings. The lowest BCUT2D eigenvalue weighted by Crippen LogP contribution is -2.05. The Morgan fingerprint density at radius 1 is 1.22 bits per heavy atom. The predicted octanol–water partition coefficient (Wildman–Crippen LogP) is 1.10. The van der Waals surface area contributed by atoms with Crippen molar-refractivity contribution >= 4 is 13.3 Å². The van der Waals surface area contributed by atoms with Crippen LogP contribution >= 0.6 is 0 Å². The van der Waals surface area contributed by atoms with Crippen molar-refractivity contribution in [3.05, 3.63) is 29.3 Å². The average molecular weight is 116 g/mol. The van der Waals surface area contributed by atoms with Crippen LogP contribution in [0, 0.1) is 13.8 Å². The first kappa shape index (κ1) is 6.41. The largest absolute Gasteiger partial charge is 0.114 e. The number of hydrogen-bond acceptors (Lipinski definition) is 0. The van der Waals surface area contributed by atoms with Crippen molar-refractivity contribution in [2.45, 2.75) is 13.8 Å². The van der Waals surface area contributed by atoms with Crippen molar-refractivity contribution in [3.63, 3.8) is 0 Å². The zero-order chi connectivity index (χ0) is 6.85. The lowest BCUT2D eigenvalue weighted by molar-refractivity contribution is 1.41. The molecule has 0 N–H and O–H groups in total. The fourth-order valence-electron chi connectivity index (χ4n) is 0.826. The first-order chi connectivity index (χ1) is 4.20. The van der Waals surface area contributed by atoms with Gasteiger partial charge in [-0.1, -0.05) is 34.8 Å². The van der Waals surface area contributed by atoms with E-state index in [2.05, 4.69) is 13.0 Å². The van der Waals surface area contributed by atoms with E-state index in [1.165, 1.54) is 5.56 Å². The van der Waals surface area contributed by atoms with Crippen LogP contribution in [0.25, 0.3) is 0 Å². The Kier molecular flexibility index (Phi) is 1.61. The Bertz CT molecular complexity index is 216. The van der Waals surface area contributed by atoms with Gasteiger partial charge in [0.2, 0.25) is 0 Å². The molecule has 2 radical (unpaired) electrons. The SMILES string of the molecule is [B]c1ccc(C)cc1C. The first-order valence-corrected chi connectivity index (χ1v) is 3.03. The standard InChI is InChI=1S/C8H9B/c1-6-3-4-8(9)7(2)5-6/h3-5H,1-2H3. The van der Waals surface area contributed by atoms with E-state index in [0.717, 1.165) is 11.0 Å². The fraction of sp³-hybridized carbons (Fsp3) is 0.250. The second-order valence-corrected chi connectivity index (χ2v) is 2.36. The highest BCUT2D eigenvalue weighted by Crippen LogP contribution is 1.97. The molecule has 0 saturated heterocycles. The molecule has 0 aliphatic rings. The summed E-state index contributed by atoms with van der Waals surface area (Å²) >= 11 is 0. The van der Waals surface area contributed by atoms with Gasteiger partial charge < -0.3 is 0 Å². The van der Waals surface area contributed by atoms with Gasteiger partial charge in [-0.25, -0.2) is 0 Å². The van der Waals surface area contributed by atoms with E-state index in [0.29, 0.717) is 0 Å². The molecule has 0 nitrogen and oxygen atoms in total. The average Bonchev–Trinajstić information content (AvgIpc) is 1.80. The minimum atomic E-state index is 0.876. The molecule has 0 saturated carbocycles. The summed E-state index contributed by atoms with van der Waals surface area (Å²) in [6.07, 6.45) is 0. The number of hydrogen-bond donors (Lipinski definition) is 0. The van der Waals surface area contributed by atoms with Gasteiger partial charge in [0.15, 0.2) is 0 Å². The van der Waals surface area contributed by atoms with Crippen LogP contribution in [0.4, 0.5) is 0 Å². The van der Waals surface area contributed by atoms with Gasteiger partial charge in [0, 0.05) is 0 Å². The molecular formula is C8H9B. The van der Waals surface area contributed by atoms with Crippen LogP contribution in [-0.2, 0) is 0 Å². The van der Waals surface area contributed by atoms with Gasteiger partial charge in [0.25, 0.3) is 0 Å². The normalized spacial score (nSPS) is 9.56. The quantitative estimate of drug-likeness (QED) is 0.445. The van der Waals surface area contributed by atoms with Gasteiger partial charge in [-0.05, 0) is 13.8 Å². The van der Waals surface area contributed by atoms with Crippen LogP contribution in [0.1, 0.15) is 11.1 Å². The second-order valence-electron chi connectivity index (χ2n) is 2.36. The third kappa shape index (κ3) is 1.35. The predicted molar refractivity (Wildman–Crippen MR) is 41.3 cm³/mol. The molecule has 0 aliphatic heterocycles. The number of benzene rings is 1. The maximum atomic E-state index is 5.59. The molecule has 1 heteroatoms. The fourth-order valence-corrected chi connectivity index (χ4v) is 0.826. The van der Waals surface area contributed by atoms with Crippen LogP contribution in [0.15, 0.2) is 18.2 Å². The van der Waals surface area contributed by atoms with Crippen molar-refractivity contribution in [1.82, 2.24) is 0 Å². The van der Waals surface area contributed by atoms with E-state index in [4.69, 9.17) is 7.85 Å². The van der Waals surface area contributed by atoms with Crippen LogP contribution in [0.3, 0.4) is 0 Å². The highest BCUT2D eigenvalue weighted by Gasteiger charge is 1.88. The summed E-state index contributed by atoms with van der Waals surface area (Å²) in [4.78, 5) is 0. The van der Waals surface area contributed by atoms with Crippen LogP contribution in [0.5, 0.6) is 0 Å². The molecule has 0 heterocycles. The summed E-state index contributed by atoms with van der Waals surface area (Å²) in [5.41, 5.74) is 3.30. The molecule has 0 aliphatic carbocycles. The van der Waals surface area contributed by atoms with E-state index in [1.54, 1.807) is 0 Å². The van der Waals surface area contributed by atoms with Gasteiger partial charge in [-0.2, -0.15) is 0 Å². The van der Waals surface area contributed by atoms with Gasteiger partial charge >= 0.3 is 0 Å². The Hall–Kier alpha value is -0.715. The Morgan fingerprint density at radius 3 is 2.33 bits per heavy atom. The molecular weight excluding hydrogens is 107 g/mol. The third-order valence-electron chi connectivity index (χ3n) is 1.43. The maximum Gasteiger partial charge on any atom is 0.114 e. The molecule has 1 aromatic carbocycles. The number of rotatable bonds is 0. The summed E-state index contributed by atoms with van der Waals surface area (Å²) in [6, 6.07) is 6.03. The highest BCUT2D eigenvalue weighted by molar-refractivity contribution is 6.33. The molecule has 0 unspecified atom stereocenters. The van der Waals surface area contributed by atoms with Gasteiger partial charge in [0.05, 0.1) is 0 Å². The second kappa shape index (κ2) is 2.26. The summed E-state index contributed by atoms with van der Waals surface area (Å²) in [6.45, 7) is 4.08. The van der Waals surface area contributed by atoms with Crippen LogP contribution in [-0.4, -0.2) is 7.85 Å². The van der Waals surface area contributed by atoms with Crippen molar-refractivity contribution in [2.75, 3.05) is 0 Å². The van der Waals surface area contributed by atoms with Gasteiger partial charge in [0.1, 0.15) is 7.85 Å². The highest BCUT2D eigenvalue weighted by atomic mass is 13.9. The molecule has 0 bridgehead atoms. The molecule has 0 spiro atoms. The van der Waals surface area contributed by atoms with Crippen molar-refractivity contribution in [1.29, 1.82) is 0 Å². The van der Waals surface area contributed by atoms with Gasteiger partial charge in [-0.3, -0.25) is 0 Å². The minimum Gasteiger partial charge on any atom is -0.0938 e. The summed E-state index contributed by atoms with van der Waals surface area (Å²) in [7, 11) is 5.59. The zero-order valence-corrected chi connectivity index (χ0v) is 5.81. The zero-order valence-electron chi connectivity index (χ0n) is 5.81. The smallest absolute Gasteiger partial charge is 0.0938 e. The topological polar surface area (TPSA) is 0 Å². The lowest BCUT2D eigenvalue weighted by atomic mass is 9.90. The third-order valence-corrected chi connectivity index (χ3v) is 1.43.